The van der Waals surface area contributed by atoms with Gasteiger partial charge in [0.25, 0.3) is 10.8 Å². The molecule has 3 heterocycles. The molecule has 0 unspecified atom stereocenters. The lowest BCUT2D eigenvalue weighted by atomic mass is 10.2. The fourth-order valence-electron chi connectivity index (χ4n) is 2.47. The maximum Gasteiger partial charge on any atom is 0.387 e. The first-order chi connectivity index (χ1) is 13.5. The van der Waals surface area contributed by atoms with Gasteiger partial charge in [0.15, 0.2) is 4.96 Å². The standard InChI is InChI=1S/C17H12F2N4O3S2/c1-9-7-27-16-20-11(6-13(24)23(9)16)8-28-17-22-21-14(26-17)10-2-4-12(5-3-10)25-15(18)19/h2-7,15H,8H2,1H3. The van der Waals surface area contributed by atoms with Crippen molar-refractivity contribution in [3.05, 3.63) is 57.5 Å². The molecule has 0 atom stereocenters. The first-order valence-electron chi connectivity index (χ1n) is 7.98. The van der Waals surface area contributed by atoms with Gasteiger partial charge in [0.05, 0.1) is 5.69 Å². The Labute approximate surface area is 165 Å². The third-order valence-corrected chi connectivity index (χ3v) is 5.50. The summed E-state index contributed by atoms with van der Waals surface area (Å²) in [4.78, 5) is 17.3. The van der Waals surface area contributed by atoms with Gasteiger partial charge in [0.2, 0.25) is 5.89 Å². The van der Waals surface area contributed by atoms with Crippen molar-refractivity contribution in [3.8, 4) is 17.2 Å². The van der Waals surface area contributed by atoms with E-state index < -0.39 is 6.61 Å². The van der Waals surface area contributed by atoms with Crippen LogP contribution in [0.1, 0.15) is 11.4 Å². The van der Waals surface area contributed by atoms with Gasteiger partial charge in [0, 0.05) is 28.5 Å². The molecule has 28 heavy (non-hydrogen) atoms. The molecule has 11 heteroatoms. The molecule has 0 N–H and O–H groups in total. The third kappa shape index (κ3) is 3.90. The number of thioether (sulfide) groups is 1. The van der Waals surface area contributed by atoms with E-state index in [1.165, 1.54) is 41.3 Å². The Morgan fingerprint density at radius 2 is 2.07 bits per heavy atom. The van der Waals surface area contributed by atoms with Gasteiger partial charge >= 0.3 is 6.61 Å². The molecule has 4 rings (SSSR count). The van der Waals surface area contributed by atoms with E-state index in [-0.39, 0.29) is 17.2 Å². The molecule has 3 aromatic heterocycles. The molecule has 0 radical (unpaired) electrons. The molecule has 144 valence electrons. The number of halogens is 2. The number of ether oxygens (including phenoxy) is 1. The smallest absolute Gasteiger partial charge is 0.387 e. The SMILES string of the molecule is Cc1csc2nc(CSc3nnc(-c4ccc(OC(F)F)cc4)o3)cc(=O)n12. The van der Waals surface area contributed by atoms with Crippen LogP contribution in [-0.4, -0.2) is 26.2 Å². The predicted octanol–water partition coefficient (Wildman–Crippen LogP) is 4.01. The summed E-state index contributed by atoms with van der Waals surface area (Å²) in [5, 5.41) is 10.1. The fourth-order valence-corrected chi connectivity index (χ4v) is 4.02. The summed E-state index contributed by atoms with van der Waals surface area (Å²) in [5.74, 6) is 0.693. The minimum absolute atomic E-state index is 0.0458. The van der Waals surface area contributed by atoms with Crippen LogP contribution in [0.25, 0.3) is 16.4 Å². The van der Waals surface area contributed by atoms with Gasteiger partial charge in [-0.25, -0.2) is 4.98 Å². The quantitative estimate of drug-likeness (QED) is 0.434. The van der Waals surface area contributed by atoms with Gasteiger partial charge in [-0.1, -0.05) is 11.8 Å². The van der Waals surface area contributed by atoms with E-state index >= 15 is 0 Å². The van der Waals surface area contributed by atoms with Crippen LogP contribution in [0.5, 0.6) is 5.75 Å². The highest BCUT2D eigenvalue weighted by molar-refractivity contribution is 7.98. The molecule has 0 bridgehead atoms. The Morgan fingerprint density at radius 3 is 2.82 bits per heavy atom. The van der Waals surface area contributed by atoms with Crippen molar-refractivity contribution in [2.45, 2.75) is 24.5 Å². The van der Waals surface area contributed by atoms with Gasteiger partial charge in [-0.05, 0) is 31.2 Å². The minimum atomic E-state index is -2.88. The lowest BCUT2D eigenvalue weighted by molar-refractivity contribution is -0.0498. The molecule has 0 aliphatic rings. The van der Waals surface area contributed by atoms with E-state index in [1.807, 2.05) is 12.3 Å². The van der Waals surface area contributed by atoms with Crippen molar-refractivity contribution in [1.29, 1.82) is 0 Å². The number of hydrogen-bond donors (Lipinski definition) is 0. The molecule has 0 saturated carbocycles. The third-order valence-electron chi connectivity index (χ3n) is 3.71. The molecule has 0 aliphatic carbocycles. The highest BCUT2D eigenvalue weighted by Crippen LogP contribution is 2.27. The van der Waals surface area contributed by atoms with Crippen molar-refractivity contribution in [3.63, 3.8) is 0 Å². The number of aromatic nitrogens is 4. The van der Waals surface area contributed by atoms with Crippen LogP contribution < -0.4 is 10.3 Å². The molecule has 0 saturated heterocycles. The normalized spacial score (nSPS) is 11.4. The van der Waals surface area contributed by atoms with Crippen molar-refractivity contribution >= 4 is 28.1 Å². The second-order valence-corrected chi connectivity index (χ2v) is 7.41. The molecule has 7 nitrogen and oxygen atoms in total. The van der Waals surface area contributed by atoms with E-state index in [1.54, 1.807) is 16.5 Å². The molecule has 0 aliphatic heterocycles. The minimum Gasteiger partial charge on any atom is -0.435 e. The summed E-state index contributed by atoms with van der Waals surface area (Å²) in [5.41, 5.74) is 1.91. The maximum absolute atomic E-state index is 12.2. The Balaban J connectivity index is 1.46. The number of alkyl halides is 2. The van der Waals surface area contributed by atoms with Crippen LogP contribution in [-0.2, 0) is 5.75 Å². The topological polar surface area (TPSA) is 82.5 Å². The Bertz CT molecular complexity index is 1170. The molecule has 1 aromatic carbocycles. The Kier molecular flexibility index (Phi) is 5.09. The van der Waals surface area contributed by atoms with Gasteiger partial charge in [-0.15, -0.1) is 21.5 Å². The lowest BCUT2D eigenvalue weighted by Crippen LogP contribution is -2.14. The van der Waals surface area contributed by atoms with Crippen LogP contribution in [0, 0.1) is 6.92 Å². The molecule has 0 fully saturated rings. The number of nitrogens with zero attached hydrogens (tertiary/aromatic N) is 4. The van der Waals surface area contributed by atoms with Crippen molar-refractivity contribution in [1.82, 2.24) is 19.6 Å². The van der Waals surface area contributed by atoms with E-state index in [0.717, 1.165) is 5.69 Å². The Hall–Kier alpha value is -2.79. The number of rotatable bonds is 6. The summed E-state index contributed by atoms with van der Waals surface area (Å²) < 4.78 is 35.8. The van der Waals surface area contributed by atoms with Crippen molar-refractivity contribution in [2.75, 3.05) is 0 Å². The van der Waals surface area contributed by atoms with E-state index in [9.17, 15) is 13.6 Å². The first-order valence-corrected chi connectivity index (χ1v) is 9.84. The molecule has 0 spiro atoms. The number of aryl methyl sites for hydroxylation is 1. The second-order valence-electron chi connectivity index (χ2n) is 5.65. The highest BCUT2D eigenvalue weighted by Gasteiger charge is 2.12. The number of hydrogen-bond acceptors (Lipinski definition) is 8. The molecular weight excluding hydrogens is 410 g/mol. The summed E-state index contributed by atoms with van der Waals surface area (Å²) in [6, 6.07) is 7.38. The summed E-state index contributed by atoms with van der Waals surface area (Å²) in [7, 11) is 0. The van der Waals surface area contributed by atoms with Crippen molar-refractivity contribution < 1.29 is 17.9 Å². The average molecular weight is 422 g/mol. The predicted molar refractivity (Wildman–Crippen MR) is 100 cm³/mol. The Morgan fingerprint density at radius 1 is 1.29 bits per heavy atom. The van der Waals surface area contributed by atoms with Crippen LogP contribution in [0.4, 0.5) is 8.78 Å². The van der Waals surface area contributed by atoms with Crippen LogP contribution in [0.2, 0.25) is 0 Å². The molecule has 0 amide bonds. The van der Waals surface area contributed by atoms with E-state index in [0.29, 0.717) is 27.2 Å². The summed E-state index contributed by atoms with van der Waals surface area (Å²) in [6.45, 7) is -1.02. The molecular formula is C17H12F2N4O3S2. The average Bonchev–Trinajstić information content (AvgIpc) is 3.27. The lowest BCUT2D eigenvalue weighted by Gasteiger charge is -2.03. The zero-order chi connectivity index (χ0) is 19.7. The largest absolute Gasteiger partial charge is 0.435 e. The van der Waals surface area contributed by atoms with Gasteiger partial charge in [0.1, 0.15) is 5.75 Å². The monoisotopic (exact) mass is 422 g/mol. The van der Waals surface area contributed by atoms with Gasteiger partial charge < -0.3 is 9.15 Å². The van der Waals surface area contributed by atoms with E-state index in [2.05, 4.69) is 19.9 Å². The zero-order valence-electron chi connectivity index (χ0n) is 14.3. The van der Waals surface area contributed by atoms with Crippen molar-refractivity contribution in [2.24, 2.45) is 0 Å². The van der Waals surface area contributed by atoms with Gasteiger partial charge in [-0.3, -0.25) is 9.20 Å². The molecule has 4 aromatic rings. The first kappa shape index (κ1) is 18.6. The van der Waals surface area contributed by atoms with E-state index in [4.69, 9.17) is 4.42 Å². The highest BCUT2D eigenvalue weighted by atomic mass is 32.2. The zero-order valence-corrected chi connectivity index (χ0v) is 16.0. The summed E-state index contributed by atoms with van der Waals surface area (Å²) in [6.07, 6.45) is 0. The second kappa shape index (κ2) is 7.68. The fraction of sp³-hybridized carbons (Fsp3) is 0.176. The summed E-state index contributed by atoms with van der Waals surface area (Å²) >= 11 is 2.66. The van der Waals surface area contributed by atoms with Crippen LogP contribution in [0.15, 0.2) is 50.1 Å². The maximum atomic E-state index is 12.2. The van der Waals surface area contributed by atoms with Gasteiger partial charge in [-0.2, -0.15) is 8.78 Å². The number of fused-ring (bicyclic) bond motifs is 1. The van der Waals surface area contributed by atoms with Crippen LogP contribution >= 0.6 is 23.1 Å². The number of benzene rings is 1. The number of thiazole rings is 1. The van der Waals surface area contributed by atoms with Crippen LogP contribution in [0.3, 0.4) is 0 Å².